The van der Waals surface area contributed by atoms with Crippen molar-refractivity contribution < 1.29 is 4.74 Å². The lowest BCUT2D eigenvalue weighted by Crippen LogP contribution is -2.24. The fraction of sp³-hybridized carbons (Fsp3) is 0.286. The minimum atomic E-state index is -0.284. The predicted octanol–water partition coefficient (Wildman–Crippen LogP) is 2.00. The molecule has 4 nitrogen and oxygen atoms in total. The van der Waals surface area contributed by atoms with Crippen molar-refractivity contribution in [1.29, 1.82) is 0 Å². The Labute approximate surface area is 106 Å². The number of benzene rings is 1. The minimum Gasteiger partial charge on any atom is -0.478 e. The van der Waals surface area contributed by atoms with Crippen molar-refractivity contribution in [3.05, 3.63) is 58.1 Å². The highest BCUT2D eigenvalue weighted by Crippen LogP contribution is 2.11. The normalized spacial score (nSPS) is 10.3. The Kier molecular flexibility index (Phi) is 3.77. The standard InChI is InChI=1S/C14H16N2O2/c1-3-18-13-11(2)9-16(14(17)15-13)10-12-7-5-4-6-8-12/h4-9H,3,10H2,1-2H3. The Morgan fingerprint density at radius 3 is 2.67 bits per heavy atom. The molecule has 0 spiro atoms. The quantitative estimate of drug-likeness (QED) is 0.826. The summed E-state index contributed by atoms with van der Waals surface area (Å²) in [6, 6.07) is 9.83. The molecule has 2 rings (SSSR count). The molecule has 94 valence electrons. The Balaban J connectivity index is 2.30. The number of hydrogen-bond acceptors (Lipinski definition) is 3. The summed E-state index contributed by atoms with van der Waals surface area (Å²) in [6.07, 6.45) is 1.79. The zero-order chi connectivity index (χ0) is 13.0. The van der Waals surface area contributed by atoms with E-state index in [-0.39, 0.29) is 5.69 Å². The molecule has 0 saturated carbocycles. The van der Waals surface area contributed by atoms with Gasteiger partial charge in [-0.15, -0.1) is 0 Å². The van der Waals surface area contributed by atoms with Gasteiger partial charge in [-0.05, 0) is 19.4 Å². The first-order valence-electron chi connectivity index (χ1n) is 5.95. The lowest BCUT2D eigenvalue weighted by Gasteiger charge is -2.09. The molecule has 0 N–H and O–H groups in total. The lowest BCUT2D eigenvalue weighted by molar-refractivity contribution is 0.320. The molecular weight excluding hydrogens is 228 g/mol. The van der Waals surface area contributed by atoms with Crippen LogP contribution in [0.2, 0.25) is 0 Å². The first-order valence-corrected chi connectivity index (χ1v) is 5.95. The van der Waals surface area contributed by atoms with Crippen molar-refractivity contribution in [2.45, 2.75) is 20.4 Å². The zero-order valence-electron chi connectivity index (χ0n) is 10.6. The van der Waals surface area contributed by atoms with E-state index in [0.29, 0.717) is 19.0 Å². The second-order valence-electron chi connectivity index (χ2n) is 4.06. The highest BCUT2D eigenvalue weighted by molar-refractivity contribution is 5.22. The molecule has 0 saturated heterocycles. The molecule has 0 aliphatic heterocycles. The molecule has 1 aromatic carbocycles. The van der Waals surface area contributed by atoms with Crippen molar-refractivity contribution in [3.8, 4) is 5.88 Å². The van der Waals surface area contributed by atoms with Gasteiger partial charge in [0.15, 0.2) is 0 Å². The third-order valence-corrected chi connectivity index (χ3v) is 2.61. The van der Waals surface area contributed by atoms with Crippen LogP contribution < -0.4 is 10.4 Å². The summed E-state index contributed by atoms with van der Waals surface area (Å²) in [5, 5.41) is 0. The van der Waals surface area contributed by atoms with Gasteiger partial charge >= 0.3 is 5.69 Å². The average Bonchev–Trinajstić information content (AvgIpc) is 2.37. The molecule has 18 heavy (non-hydrogen) atoms. The summed E-state index contributed by atoms with van der Waals surface area (Å²) in [5.41, 5.74) is 1.66. The topological polar surface area (TPSA) is 44.1 Å². The van der Waals surface area contributed by atoms with Crippen molar-refractivity contribution in [3.63, 3.8) is 0 Å². The Morgan fingerprint density at radius 2 is 2.00 bits per heavy atom. The summed E-state index contributed by atoms with van der Waals surface area (Å²) < 4.78 is 6.89. The van der Waals surface area contributed by atoms with Gasteiger partial charge in [0.1, 0.15) is 0 Å². The Hall–Kier alpha value is -2.10. The van der Waals surface area contributed by atoms with E-state index in [9.17, 15) is 4.79 Å². The monoisotopic (exact) mass is 244 g/mol. The van der Waals surface area contributed by atoms with Crippen LogP contribution in [0.3, 0.4) is 0 Å². The summed E-state index contributed by atoms with van der Waals surface area (Å²) in [6.45, 7) is 4.80. The molecular formula is C14H16N2O2. The van der Waals surface area contributed by atoms with E-state index in [1.807, 2.05) is 44.2 Å². The van der Waals surface area contributed by atoms with Gasteiger partial charge in [0.25, 0.3) is 0 Å². The van der Waals surface area contributed by atoms with E-state index in [0.717, 1.165) is 11.1 Å². The number of ether oxygens (including phenoxy) is 1. The number of nitrogens with zero attached hydrogens (tertiary/aromatic N) is 2. The number of rotatable bonds is 4. The van der Waals surface area contributed by atoms with Gasteiger partial charge in [0, 0.05) is 11.8 Å². The molecule has 0 aliphatic rings. The number of aryl methyl sites for hydroxylation is 1. The van der Waals surface area contributed by atoms with Crippen molar-refractivity contribution in [2.75, 3.05) is 6.61 Å². The van der Waals surface area contributed by atoms with Crippen LogP contribution in [0.15, 0.2) is 41.3 Å². The SMILES string of the molecule is CCOc1nc(=O)n(Cc2ccccc2)cc1C. The van der Waals surface area contributed by atoms with E-state index in [1.165, 1.54) is 0 Å². The van der Waals surface area contributed by atoms with Gasteiger partial charge in [0.05, 0.1) is 13.2 Å². The van der Waals surface area contributed by atoms with Crippen molar-refractivity contribution >= 4 is 0 Å². The molecule has 1 aromatic heterocycles. The Morgan fingerprint density at radius 1 is 1.28 bits per heavy atom. The molecule has 0 amide bonds. The molecule has 0 bridgehead atoms. The molecule has 0 fully saturated rings. The average molecular weight is 244 g/mol. The molecule has 0 aliphatic carbocycles. The smallest absolute Gasteiger partial charge is 0.351 e. The van der Waals surface area contributed by atoms with Crippen LogP contribution in [-0.4, -0.2) is 16.2 Å². The molecule has 0 radical (unpaired) electrons. The second-order valence-corrected chi connectivity index (χ2v) is 4.06. The number of hydrogen-bond donors (Lipinski definition) is 0. The van der Waals surface area contributed by atoms with Gasteiger partial charge in [-0.1, -0.05) is 30.3 Å². The maximum Gasteiger partial charge on any atom is 0.351 e. The molecule has 1 heterocycles. The first kappa shape index (κ1) is 12.4. The summed E-state index contributed by atoms with van der Waals surface area (Å²) >= 11 is 0. The predicted molar refractivity (Wildman–Crippen MR) is 69.9 cm³/mol. The molecule has 0 atom stereocenters. The van der Waals surface area contributed by atoms with Crippen LogP contribution in [0.25, 0.3) is 0 Å². The fourth-order valence-corrected chi connectivity index (χ4v) is 1.76. The third-order valence-electron chi connectivity index (χ3n) is 2.61. The van der Waals surface area contributed by atoms with E-state index in [1.54, 1.807) is 10.8 Å². The highest BCUT2D eigenvalue weighted by atomic mass is 16.5. The maximum atomic E-state index is 11.8. The van der Waals surface area contributed by atoms with Crippen LogP contribution in [0.5, 0.6) is 5.88 Å². The summed E-state index contributed by atoms with van der Waals surface area (Å²) in [5.74, 6) is 0.423. The van der Waals surface area contributed by atoms with E-state index < -0.39 is 0 Å². The fourth-order valence-electron chi connectivity index (χ4n) is 1.76. The van der Waals surface area contributed by atoms with Crippen LogP contribution in [0, 0.1) is 6.92 Å². The molecule has 2 aromatic rings. The van der Waals surface area contributed by atoms with Crippen LogP contribution in [-0.2, 0) is 6.54 Å². The summed E-state index contributed by atoms with van der Waals surface area (Å²) in [7, 11) is 0. The minimum absolute atomic E-state index is 0.284. The zero-order valence-corrected chi connectivity index (χ0v) is 10.6. The van der Waals surface area contributed by atoms with Crippen molar-refractivity contribution in [1.82, 2.24) is 9.55 Å². The van der Waals surface area contributed by atoms with E-state index in [4.69, 9.17) is 4.74 Å². The van der Waals surface area contributed by atoms with E-state index >= 15 is 0 Å². The molecule has 0 unspecified atom stereocenters. The highest BCUT2D eigenvalue weighted by Gasteiger charge is 2.06. The van der Waals surface area contributed by atoms with Crippen molar-refractivity contribution in [2.24, 2.45) is 0 Å². The van der Waals surface area contributed by atoms with Crippen LogP contribution in [0.1, 0.15) is 18.1 Å². The maximum absolute atomic E-state index is 11.8. The number of aromatic nitrogens is 2. The third kappa shape index (κ3) is 2.77. The lowest BCUT2D eigenvalue weighted by atomic mass is 10.2. The van der Waals surface area contributed by atoms with Crippen LogP contribution >= 0.6 is 0 Å². The van der Waals surface area contributed by atoms with Crippen LogP contribution in [0.4, 0.5) is 0 Å². The van der Waals surface area contributed by atoms with Gasteiger partial charge in [-0.3, -0.25) is 4.57 Å². The molecule has 4 heteroatoms. The first-order chi connectivity index (χ1) is 8.70. The summed E-state index contributed by atoms with van der Waals surface area (Å²) in [4.78, 5) is 15.8. The van der Waals surface area contributed by atoms with Gasteiger partial charge in [-0.25, -0.2) is 4.79 Å². The van der Waals surface area contributed by atoms with Gasteiger partial charge in [-0.2, -0.15) is 4.98 Å². The van der Waals surface area contributed by atoms with E-state index in [2.05, 4.69) is 4.98 Å². The largest absolute Gasteiger partial charge is 0.478 e. The van der Waals surface area contributed by atoms with Gasteiger partial charge < -0.3 is 4.74 Å². The van der Waals surface area contributed by atoms with Gasteiger partial charge in [0.2, 0.25) is 5.88 Å². The second kappa shape index (κ2) is 5.49. The Bertz CT molecular complexity index is 576.